The Kier molecular flexibility index (Phi) is 5.82. The van der Waals surface area contributed by atoms with E-state index in [1.807, 2.05) is 12.1 Å². The van der Waals surface area contributed by atoms with Crippen molar-refractivity contribution in [3.05, 3.63) is 164 Å². The first-order valence-corrected chi connectivity index (χ1v) is 14.3. The molecule has 198 valence electrons. The monoisotopic (exact) mass is 537 g/mol. The van der Waals surface area contributed by atoms with Crippen LogP contribution in [0.4, 0.5) is 17.1 Å². The quantitative estimate of drug-likeness (QED) is 0.217. The van der Waals surface area contributed by atoms with Crippen molar-refractivity contribution in [3.63, 3.8) is 0 Å². The second kappa shape index (κ2) is 10.1. The molecule has 42 heavy (non-hydrogen) atoms. The van der Waals surface area contributed by atoms with Crippen molar-refractivity contribution in [1.82, 2.24) is 0 Å². The molecule has 1 aromatic heterocycles. The van der Waals surface area contributed by atoms with E-state index in [9.17, 15) is 0 Å². The largest absolute Gasteiger partial charge is 0.456 e. The minimum Gasteiger partial charge on any atom is -0.456 e. The lowest BCUT2D eigenvalue weighted by Gasteiger charge is -2.27. The van der Waals surface area contributed by atoms with Gasteiger partial charge in [0.15, 0.2) is 0 Å². The molecule has 8 aromatic rings. The molecule has 0 aliphatic rings. The van der Waals surface area contributed by atoms with Gasteiger partial charge in [0.2, 0.25) is 0 Å². The first-order valence-electron chi connectivity index (χ1n) is 14.3. The Labute approximate surface area is 244 Å². The zero-order valence-corrected chi connectivity index (χ0v) is 22.9. The highest BCUT2D eigenvalue weighted by molar-refractivity contribution is 6.14. The normalized spacial score (nSPS) is 11.3. The maximum atomic E-state index is 6.29. The molecule has 7 aromatic carbocycles. The molecule has 0 atom stereocenters. The molecule has 0 fully saturated rings. The molecular formula is C40H27NO. The van der Waals surface area contributed by atoms with Crippen LogP contribution in [0.2, 0.25) is 0 Å². The number of hydrogen-bond acceptors (Lipinski definition) is 2. The Hall–Kier alpha value is -5.60. The van der Waals surface area contributed by atoms with Gasteiger partial charge in [-0.25, -0.2) is 0 Å². The van der Waals surface area contributed by atoms with Gasteiger partial charge in [-0.3, -0.25) is 0 Å². The number of nitrogens with zero attached hydrogens (tertiary/aromatic N) is 1. The summed E-state index contributed by atoms with van der Waals surface area (Å²) in [5.74, 6) is 0. The molecule has 0 radical (unpaired) electrons. The van der Waals surface area contributed by atoms with Crippen molar-refractivity contribution in [2.75, 3.05) is 4.90 Å². The van der Waals surface area contributed by atoms with Crippen LogP contribution < -0.4 is 4.90 Å². The summed E-state index contributed by atoms with van der Waals surface area (Å²) in [5, 5.41) is 4.63. The average molecular weight is 538 g/mol. The Morgan fingerprint density at radius 2 is 0.881 bits per heavy atom. The molecule has 0 saturated heterocycles. The third-order valence-corrected chi connectivity index (χ3v) is 8.08. The summed E-state index contributed by atoms with van der Waals surface area (Å²) in [6, 6.07) is 57.9. The van der Waals surface area contributed by atoms with Crippen LogP contribution >= 0.6 is 0 Å². The zero-order valence-electron chi connectivity index (χ0n) is 22.9. The summed E-state index contributed by atoms with van der Waals surface area (Å²) < 4.78 is 6.29. The van der Waals surface area contributed by atoms with Gasteiger partial charge >= 0.3 is 0 Å². The number of para-hydroxylation sites is 1. The second-order valence-corrected chi connectivity index (χ2v) is 10.6. The Morgan fingerprint density at radius 1 is 0.357 bits per heavy atom. The van der Waals surface area contributed by atoms with Crippen molar-refractivity contribution in [1.29, 1.82) is 0 Å². The van der Waals surface area contributed by atoms with E-state index in [4.69, 9.17) is 4.42 Å². The summed E-state index contributed by atoms with van der Waals surface area (Å²) in [6.45, 7) is 0. The van der Waals surface area contributed by atoms with E-state index in [0.29, 0.717) is 0 Å². The molecule has 0 aliphatic carbocycles. The van der Waals surface area contributed by atoms with Gasteiger partial charge in [-0.15, -0.1) is 0 Å². The molecule has 0 bridgehead atoms. The van der Waals surface area contributed by atoms with Crippen LogP contribution in [0.5, 0.6) is 0 Å². The third kappa shape index (κ3) is 4.13. The highest BCUT2D eigenvalue weighted by Crippen LogP contribution is 2.45. The topological polar surface area (TPSA) is 16.4 Å². The van der Waals surface area contributed by atoms with E-state index in [1.54, 1.807) is 0 Å². The second-order valence-electron chi connectivity index (χ2n) is 10.6. The zero-order chi connectivity index (χ0) is 27.9. The molecule has 2 nitrogen and oxygen atoms in total. The van der Waals surface area contributed by atoms with Crippen molar-refractivity contribution >= 4 is 49.8 Å². The van der Waals surface area contributed by atoms with E-state index in [2.05, 4.69) is 157 Å². The lowest BCUT2D eigenvalue weighted by atomic mass is 9.99. The molecule has 0 N–H and O–H groups in total. The van der Waals surface area contributed by atoms with Gasteiger partial charge in [-0.2, -0.15) is 0 Å². The van der Waals surface area contributed by atoms with Crippen LogP contribution in [-0.2, 0) is 0 Å². The summed E-state index contributed by atoms with van der Waals surface area (Å²) >= 11 is 0. The summed E-state index contributed by atoms with van der Waals surface area (Å²) in [5.41, 5.74) is 9.92. The average Bonchev–Trinajstić information content (AvgIpc) is 3.45. The third-order valence-electron chi connectivity index (χ3n) is 8.08. The highest BCUT2D eigenvalue weighted by Gasteiger charge is 2.20. The van der Waals surface area contributed by atoms with Crippen molar-refractivity contribution in [3.8, 4) is 22.3 Å². The lowest BCUT2D eigenvalue weighted by molar-refractivity contribution is 0.669. The van der Waals surface area contributed by atoms with E-state index >= 15 is 0 Å². The maximum absolute atomic E-state index is 6.29. The molecule has 8 rings (SSSR count). The number of rotatable bonds is 5. The fourth-order valence-corrected chi connectivity index (χ4v) is 6.04. The molecule has 0 unspecified atom stereocenters. The molecule has 0 amide bonds. The number of fused-ring (bicyclic) bond motifs is 4. The number of furan rings is 1. The van der Waals surface area contributed by atoms with Crippen LogP contribution in [0.15, 0.2) is 168 Å². The van der Waals surface area contributed by atoms with Gasteiger partial charge in [-0.05, 0) is 64.0 Å². The number of benzene rings is 7. The van der Waals surface area contributed by atoms with Crippen LogP contribution in [0, 0.1) is 0 Å². The van der Waals surface area contributed by atoms with E-state index in [-0.39, 0.29) is 0 Å². The standard InChI is InChI=1S/C40H27NO/c1-2-10-28(11-3-1)29-20-22-30(23-21-29)31-24-26-33(27-25-31)41(36-16-8-13-32-12-4-5-14-34(32)36)37-17-9-19-39-40(37)35-15-6-7-18-38(35)42-39/h1-27H. The van der Waals surface area contributed by atoms with Crippen LogP contribution in [0.25, 0.3) is 55.0 Å². The first-order chi connectivity index (χ1) is 20.8. The maximum Gasteiger partial charge on any atom is 0.137 e. The van der Waals surface area contributed by atoms with Crippen molar-refractivity contribution in [2.45, 2.75) is 0 Å². The van der Waals surface area contributed by atoms with Crippen LogP contribution in [0.3, 0.4) is 0 Å². The molecule has 0 spiro atoms. The smallest absolute Gasteiger partial charge is 0.137 e. The predicted molar refractivity (Wildman–Crippen MR) is 177 cm³/mol. The van der Waals surface area contributed by atoms with Gasteiger partial charge in [-0.1, -0.05) is 127 Å². The molecule has 1 heterocycles. The molecule has 2 heteroatoms. The van der Waals surface area contributed by atoms with Crippen molar-refractivity contribution in [2.24, 2.45) is 0 Å². The first kappa shape index (κ1) is 24.2. The van der Waals surface area contributed by atoms with Gasteiger partial charge < -0.3 is 9.32 Å². The minimum atomic E-state index is 0.883. The minimum absolute atomic E-state index is 0.883. The SMILES string of the molecule is c1ccc(-c2ccc(-c3ccc(N(c4cccc5ccccc45)c4cccc5oc6ccccc6c45)cc3)cc2)cc1. The predicted octanol–water partition coefficient (Wildman–Crippen LogP) is 11.5. The molecular weight excluding hydrogens is 510 g/mol. The number of hydrogen-bond donors (Lipinski definition) is 0. The van der Waals surface area contributed by atoms with E-state index in [0.717, 1.165) is 39.0 Å². The Morgan fingerprint density at radius 3 is 1.64 bits per heavy atom. The number of anilines is 3. The van der Waals surface area contributed by atoms with Crippen LogP contribution in [0.1, 0.15) is 0 Å². The summed E-state index contributed by atoms with van der Waals surface area (Å²) in [4.78, 5) is 2.37. The van der Waals surface area contributed by atoms with Gasteiger partial charge in [0.05, 0.1) is 16.8 Å². The Balaban J connectivity index is 1.28. The van der Waals surface area contributed by atoms with Gasteiger partial charge in [0.25, 0.3) is 0 Å². The molecule has 0 aliphatic heterocycles. The van der Waals surface area contributed by atoms with Crippen LogP contribution in [-0.4, -0.2) is 0 Å². The van der Waals surface area contributed by atoms with Gasteiger partial charge in [0, 0.05) is 16.5 Å². The Bertz CT molecular complexity index is 2170. The van der Waals surface area contributed by atoms with Gasteiger partial charge in [0.1, 0.15) is 11.2 Å². The summed E-state index contributed by atoms with van der Waals surface area (Å²) in [6.07, 6.45) is 0. The lowest BCUT2D eigenvalue weighted by Crippen LogP contribution is -2.10. The fraction of sp³-hybridized carbons (Fsp3) is 0. The molecule has 0 saturated carbocycles. The van der Waals surface area contributed by atoms with Crippen molar-refractivity contribution < 1.29 is 4.42 Å². The highest BCUT2D eigenvalue weighted by atomic mass is 16.3. The summed E-state index contributed by atoms with van der Waals surface area (Å²) in [7, 11) is 0. The van der Waals surface area contributed by atoms with E-state index in [1.165, 1.54) is 33.0 Å². The van der Waals surface area contributed by atoms with E-state index < -0.39 is 0 Å². The fourth-order valence-electron chi connectivity index (χ4n) is 6.04.